The molecule has 3 heterocycles. The minimum Gasteiger partial charge on any atom is -0.381 e. The standard InChI is InChI=1S/C22H30N4O2/c1-15-19(16-2-3-16)4-5-21-20(15)14-23-26(21)18-6-10-25(11-7-18)22(27)24-17-8-12-28-13-9-17/h4-5,14,16-18H,2-3,6-13H2,1H3,(H,24,27). The minimum atomic E-state index is 0.0839. The van der Waals surface area contributed by atoms with Crippen LogP contribution in [-0.4, -0.2) is 53.1 Å². The molecule has 1 aliphatic carbocycles. The number of aryl methyl sites for hydroxylation is 1. The van der Waals surface area contributed by atoms with Crippen LogP contribution in [0.3, 0.4) is 0 Å². The van der Waals surface area contributed by atoms with Crippen molar-refractivity contribution in [2.75, 3.05) is 26.3 Å². The minimum absolute atomic E-state index is 0.0839. The molecular weight excluding hydrogens is 352 g/mol. The molecule has 6 nitrogen and oxygen atoms in total. The summed E-state index contributed by atoms with van der Waals surface area (Å²) >= 11 is 0. The number of rotatable bonds is 3. The molecule has 2 aliphatic heterocycles. The first-order valence-corrected chi connectivity index (χ1v) is 10.8. The van der Waals surface area contributed by atoms with E-state index in [1.54, 1.807) is 0 Å². The van der Waals surface area contributed by atoms with E-state index in [1.807, 2.05) is 11.1 Å². The maximum atomic E-state index is 12.6. The zero-order valence-electron chi connectivity index (χ0n) is 16.7. The normalized spacial score (nSPS) is 22.0. The smallest absolute Gasteiger partial charge is 0.317 e. The van der Waals surface area contributed by atoms with E-state index >= 15 is 0 Å². The molecule has 1 aromatic carbocycles. The predicted octanol–water partition coefficient (Wildman–Crippen LogP) is 3.75. The zero-order valence-corrected chi connectivity index (χ0v) is 16.7. The first-order valence-electron chi connectivity index (χ1n) is 10.8. The Morgan fingerprint density at radius 2 is 1.86 bits per heavy atom. The second-order valence-electron chi connectivity index (χ2n) is 8.63. The quantitative estimate of drug-likeness (QED) is 0.880. The Kier molecular flexibility index (Phi) is 4.75. The Balaban J connectivity index is 1.24. The van der Waals surface area contributed by atoms with Gasteiger partial charge in [-0.25, -0.2) is 4.79 Å². The molecule has 0 atom stereocenters. The molecule has 0 spiro atoms. The molecule has 1 N–H and O–H groups in total. The summed E-state index contributed by atoms with van der Waals surface area (Å²) in [5.74, 6) is 0.769. The average molecular weight is 383 g/mol. The molecule has 3 aliphatic rings. The van der Waals surface area contributed by atoms with E-state index in [1.165, 1.54) is 34.9 Å². The number of nitrogens with one attached hydrogen (secondary N) is 1. The fraction of sp³-hybridized carbons (Fsp3) is 0.636. The van der Waals surface area contributed by atoms with Crippen LogP contribution in [0.15, 0.2) is 18.3 Å². The molecule has 5 rings (SSSR count). The highest BCUT2D eigenvalue weighted by molar-refractivity contribution is 5.83. The number of carbonyl (C=O) groups is 1. The highest BCUT2D eigenvalue weighted by atomic mass is 16.5. The van der Waals surface area contributed by atoms with Crippen molar-refractivity contribution in [3.63, 3.8) is 0 Å². The zero-order chi connectivity index (χ0) is 19.1. The maximum Gasteiger partial charge on any atom is 0.317 e. The highest BCUT2D eigenvalue weighted by Gasteiger charge is 2.29. The van der Waals surface area contributed by atoms with E-state index in [0.29, 0.717) is 6.04 Å². The van der Waals surface area contributed by atoms with Crippen LogP contribution in [0.5, 0.6) is 0 Å². The molecule has 150 valence electrons. The van der Waals surface area contributed by atoms with Crippen LogP contribution < -0.4 is 5.32 Å². The van der Waals surface area contributed by atoms with E-state index < -0.39 is 0 Å². The van der Waals surface area contributed by atoms with Crippen molar-refractivity contribution in [2.45, 2.75) is 63.5 Å². The van der Waals surface area contributed by atoms with Gasteiger partial charge in [-0.05, 0) is 68.6 Å². The predicted molar refractivity (Wildman–Crippen MR) is 109 cm³/mol. The lowest BCUT2D eigenvalue weighted by atomic mass is 10.0. The molecule has 2 aromatic rings. The summed E-state index contributed by atoms with van der Waals surface area (Å²) in [6, 6.07) is 5.28. The lowest BCUT2D eigenvalue weighted by Gasteiger charge is -2.34. The van der Waals surface area contributed by atoms with Crippen molar-refractivity contribution in [2.24, 2.45) is 0 Å². The number of hydrogen-bond acceptors (Lipinski definition) is 3. The Labute approximate surface area is 166 Å². The summed E-state index contributed by atoms with van der Waals surface area (Å²) in [5.41, 5.74) is 4.15. The Morgan fingerprint density at radius 1 is 1.11 bits per heavy atom. The van der Waals surface area contributed by atoms with Crippen LogP contribution in [0.2, 0.25) is 0 Å². The molecular formula is C22H30N4O2. The van der Waals surface area contributed by atoms with Crippen LogP contribution in [0.1, 0.15) is 61.6 Å². The van der Waals surface area contributed by atoms with Crippen molar-refractivity contribution in [1.29, 1.82) is 0 Å². The number of aromatic nitrogens is 2. The number of fused-ring (bicyclic) bond motifs is 1. The van der Waals surface area contributed by atoms with Crippen LogP contribution in [0, 0.1) is 6.92 Å². The van der Waals surface area contributed by atoms with E-state index in [2.05, 4.69) is 29.1 Å². The van der Waals surface area contributed by atoms with Crippen molar-refractivity contribution in [3.05, 3.63) is 29.5 Å². The van der Waals surface area contributed by atoms with Gasteiger partial charge >= 0.3 is 6.03 Å². The fourth-order valence-electron chi connectivity index (χ4n) is 4.82. The second-order valence-corrected chi connectivity index (χ2v) is 8.63. The monoisotopic (exact) mass is 382 g/mol. The molecule has 0 unspecified atom stereocenters. The van der Waals surface area contributed by atoms with Crippen LogP contribution in [0.25, 0.3) is 10.9 Å². The van der Waals surface area contributed by atoms with Gasteiger partial charge in [-0.3, -0.25) is 4.68 Å². The number of amides is 2. The second kappa shape index (κ2) is 7.39. The SMILES string of the molecule is Cc1c(C2CC2)ccc2c1cnn2C1CCN(C(=O)NC2CCOCC2)CC1. The number of ether oxygens (including phenoxy) is 1. The van der Waals surface area contributed by atoms with Gasteiger partial charge in [-0.15, -0.1) is 0 Å². The van der Waals surface area contributed by atoms with Gasteiger partial charge in [0.2, 0.25) is 0 Å². The van der Waals surface area contributed by atoms with Crippen molar-refractivity contribution in [3.8, 4) is 0 Å². The topological polar surface area (TPSA) is 59.4 Å². The van der Waals surface area contributed by atoms with Crippen LogP contribution in [-0.2, 0) is 4.74 Å². The number of carbonyl (C=O) groups excluding carboxylic acids is 1. The Morgan fingerprint density at radius 3 is 2.57 bits per heavy atom. The third-order valence-corrected chi connectivity index (χ3v) is 6.76. The third-order valence-electron chi connectivity index (χ3n) is 6.76. The van der Waals surface area contributed by atoms with Crippen molar-refractivity contribution < 1.29 is 9.53 Å². The summed E-state index contributed by atoms with van der Waals surface area (Å²) in [7, 11) is 0. The van der Waals surface area contributed by atoms with Gasteiger partial charge < -0.3 is 15.0 Å². The highest BCUT2D eigenvalue weighted by Crippen LogP contribution is 2.43. The number of urea groups is 1. The molecule has 28 heavy (non-hydrogen) atoms. The molecule has 3 fully saturated rings. The van der Waals surface area contributed by atoms with E-state index in [4.69, 9.17) is 9.84 Å². The van der Waals surface area contributed by atoms with E-state index in [9.17, 15) is 4.79 Å². The molecule has 2 saturated heterocycles. The summed E-state index contributed by atoms with van der Waals surface area (Å²) < 4.78 is 7.58. The Bertz CT molecular complexity index is 859. The lowest BCUT2D eigenvalue weighted by Crippen LogP contribution is -2.49. The average Bonchev–Trinajstić information content (AvgIpc) is 3.47. The van der Waals surface area contributed by atoms with Gasteiger partial charge in [-0.1, -0.05) is 6.07 Å². The number of piperidine rings is 1. The van der Waals surface area contributed by atoms with Gasteiger partial charge in [0.05, 0.1) is 17.8 Å². The first kappa shape index (κ1) is 18.0. The summed E-state index contributed by atoms with van der Waals surface area (Å²) in [5, 5.41) is 9.23. The number of likely N-dealkylation sites (tertiary alicyclic amines) is 1. The van der Waals surface area contributed by atoms with Crippen molar-refractivity contribution >= 4 is 16.9 Å². The molecule has 0 radical (unpaired) electrons. The molecule has 6 heteroatoms. The number of benzene rings is 1. The van der Waals surface area contributed by atoms with E-state index in [-0.39, 0.29) is 12.1 Å². The summed E-state index contributed by atoms with van der Waals surface area (Å²) in [4.78, 5) is 14.5. The maximum absolute atomic E-state index is 12.6. The lowest BCUT2D eigenvalue weighted by molar-refractivity contribution is 0.0771. The summed E-state index contributed by atoms with van der Waals surface area (Å²) in [6.07, 6.45) is 8.46. The molecule has 0 bridgehead atoms. The van der Waals surface area contributed by atoms with E-state index in [0.717, 1.165) is 57.9 Å². The number of hydrogen-bond donors (Lipinski definition) is 1. The van der Waals surface area contributed by atoms with Gasteiger partial charge in [0, 0.05) is 37.7 Å². The molecule has 1 aromatic heterocycles. The van der Waals surface area contributed by atoms with Gasteiger partial charge in [0.1, 0.15) is 0 Å². The largest absolute Gasteiger partial charge is 0.381 e. The van der Waals surface area contributed by atoms with Gasteiger partial charge in [-0.2, -0.15) is 5.10 Å². The van der Waals surface area contributed by atoms with Crippen LogP contribution in [0.4, 0.5) is 4.79 Å². The van der Waals surface area contributed by atoms with Gasteiger partial charge in [0.25, 0.3) is 0 Å². The number of nitrogens with zero attached hydrogens (tertiary/aromatic N) is 3. The third kappa shape index (κ3) is 3.39. The van der Waals surface area contributed by atoms with Crippen molar-refractivity contribution in [1.82, 2.24) is 20.0 Å². The molecule has 1 saturated carbocycles. The summed E-state index contributed by atoms with van der Waals surface area (Å²) in [6.45, 7) is 5.33. The van der Waals surface area contributed by atoms with Crippen LogP contribution >= 0.6 is 0 Å². The first-order chi connectivity index (χ1) is 13.7. The van der Waals surface area contributed by atoms with Gasteiger partial charge in [0.15, 0.2) is 0 Å². The fourth-order valence-corrected chi connectivity index (χ4v) is 4.82. The molecule has 2 amide bonds. The Hall–Kier alpha value is -2.08.